The Morgan fingerprint density at radius 3 is 2.29 bits per heavy atom. The average molecular weight is 449 g/mol. The number of hydrogen-bond acceptors (Lipinski definition) is 3. The van der Waals surface area contributed by atoms with Gasteiger partial charge in [-0.15, -0.1) is 0 Å². The molecule has 0 spiro atoms. The van der Waals surface area contributed by atoms with Crippen LogP contribution in [0.4, 0.5) is 4.39 Å². The van der Waals surface area contributed by atoms with Crippen LogP contribution in [0.25, 0.3) is 0 Å². The van der Waals surface area contributed by atoms with Crippen molar-refractivity contribution in [1.29, 1.82) is 0 Å². The predicted molar refractivity (Wildman–Crippen MR) is 121 cm³/mol. The van der Waals surface area contributed by atoms with Gasteiger partial charge >= 0.3 is 0 Å². The highest BCUT2D eigenvalue weighted by atomic mass is 35.5. The monoisotopic (exact) mass is 448 g/mol. The topological polar surface area (TPSA) is 58.6 Å². The van der Waals surface area contributed by atoms with Crippen molar-refractivity contribution < 1.29 is 18.7 Å². The number of rotatable bonds is 10. The number of amides is 2. The second-order valence-electron chi connectivity index (χ2n) is 7.52. The highest BCUT2D eigenvalue weighted by Gasteiger charge is 2.28. The molecule has 0 bridgehead atoms. The van der Waals surface area contributed by atoms with Crippen molar-refractivity contribution in [1.82, 2.24) is 10.2 Å². The summed E-state index contributed by atoms with van der Waals surface area (Å²) in [5.41, 5.74) is 2.45. The normalized spacial score (nSPS) is 11.7. The highest BCUT2D eigenvalue weighted by molar-refractivity contribution is 6.32. The van der Waals surface area contributed by atoms with Crippen molar-refractivity contribution in [3.05, 3.63) is 63.9 Å². The van der Waals surface area contributed by atoms with Gasteiger partial charge in [-0.3, -0.25) is 9.59 Å². The van der Waals surface area contributed by atoms with Crippen molar-refractivity contribution in [3.8, 4) is 5.75 Å². The van der Waals surface area contributed by atoms with Gasteiger partial charge in [0.25, 0.3) is 5.91 Å². The fourth-order valence-corrected chi connectivity index (χ4v) is 3.40. The van der Waals surface area contributed by atoms with E-state index < -0.39 is 6.04 Å². The fraction of sp³-hybridized carbons (Fsp3) is 0.417. The molecular weight excluding hydrogens is 419 g/mol. The number of nitrogens with zero attached hydrogens (tertiary/aromatic N) is 1. The van der Waals surface area contributed by atoms with E-state index >= 15 is 0 Å². The van der Waals surface area contributed by atoms with Gasteiger partial charge in [-0.2, -0.15) is 0 Å². The van der Waals surface area contributed by atoms with Gasteiger partial charge < -0.3 is 15.0 Å². The smallest absolute Gasteiger partial charge is 0.261 e. The zero-order valence-corrected chi connectivity index (χ0v) is 19.3. The van der Waals surface area contributed by atoms with Gasteiger partial charge in [-0.25, -0.2) is 4.39 Å². The van der Waals surface area contributed by atoms with Crippen molar-refractivity contribution in [2.75, 3.05) is 13.2 Å². The molecule has 0 aliphatic carbocycles. The Morgan fingerprint density at radius 2 is 1.74 bits per heavy atom. The van der Waals surface area contributed by atoms with Crippen LogP contribution in [-0.4, -0.2) is 35.9 Å². The maximum absolute atomic E-state index is 13.3. The van der Waals surface area contributed by atoms with Crippen molar-refractivity contribution in [3.63, 3.8) is 0 Å². The van der Waals surface area contributed by atoms with Gasteiger partial charge in [0, 0.05) is 18.1 Å². The minimum atomic E-state index is -0.651. The molecule has 2 amide bonds. The molecular formula is C24H30ClFN2O3. The lowest BCUT2D eigenvalue weighted by Gasteiger charge is -2.30. The van der Waals surface area contributed by atoms with Crippen molar-refractivity contribution >= 4 is 23.4 Å². The number of nitrogens with one attached hydrogen (secondary N) is 1. The number of hydrogen-bond donors (Lipinski definition) is 1. The number of aryl methyl sites for hydroxylation is 2. The van der Waals surface area contributed by atoms with E-state index in [1.54, 1.807) is 24.3 Å². The molecule has 1 atom stereocenters. The van der Waals surface area contributed by atoms with Crippen LogP contribution in [0.2, 0.25) is 5.02 Å². The predicted octanol–water partition coefficient (Wildman–Crippen LogP) is 4.81. The van der Waals surface area contributed by atoms with E-state index in [4.69, 9.17) is 16.3 Å². The van der Waals surface area contributed by atoms with Gasteiger partial charge in [0.1, 0.15) is 17.6 Å². The lowest BCUT2D eigenvalue weighted by molar-refractivity contribution is -0.143. The first-order chi connectivity index (χ1) is 14.8. The van der Waals surface area contributed by atoms with Gasteiger partial charge in [-0.05, 0) is 67.6 Å². The van der Waals surface area contributed by atoms with Gasteiger partial charge in [-0.1, -0.05) is 37.6 Å². The zero-order chi connectivity index (χ0) is 23.0. The molecule has 0 fully saturated rings. The molecule has 168 valence electrons. The van der Waals surface area contributed by atoms with Crippen molar-refractivity contribution in [2.24, 2.45) is 0 Å². The third-order valence-corrected chi connectivity index (χ3v) is 5.57. The highest BCUT2D eigenvalue weighted by Crippen LogP contribution is 2.26. The van der Waals surface area contributed by atoms with Crippen LogP contribution in [0.3, 0.4) is 0 Å². The van der Waals surface area contributed by atoms with Gasteiger partial charge in [0.2, 0.25) is 5.91 Å². The quantitative estimate of drug-likeness (QED) is 0.567. The Balaban J connectivity index is 2.21. The summed E-state index contributed by atoms with van der Waals surface area (Å²) in [6.45, 7) is 8.05. The molecule has 2 aromatic rings. The lowest BCUT2D eigenvalue weighted by Crippen LogP contribution is -2.50. The maximum Gasteiger partial charge on any atom is 0.261 e. The summed E-state index contributed by atoms with van der Waals surface area (Å²) in [7, 11) is 0. The van der Waals surface area contributed by atoms with Gasteiger partial charge in [0.15, 0.2) is 6.61 Å². The molecule has 31 heavy (non-hydrogen) atoms. The molecule has 0 saturated carbocycles. The standard InChI is InChI=1S/C24H30ClFN2O3/c1-5-11-27-24(30)21(6-2)28(14-18-7-9-19(26)10-8-18)22(29)15-31-20-12-16(3)23(25)17(4)13-20/h7-10,12-13,21H,5-6,11,14-15H2,1-4H3,(H,27,30). The van der Waals surface area contributed by atoms with Gasteiger partial charge in [0.05, 0.1) is 0 Å². The molecule has 7 heteroatoms. The van der Waals surface area contributed by atoms with Crippen LogP contribution in [0, 0.1) is 19.7 Å². The Hall–Kier alpha value is -2.60. The number of carbonyl (C=O) groups is 2. The first kappa shape index (κ1) is 24.7. The third kappa shape index (κ3) is 6.96. The lowest BCUT2D eigenvalue weighted by atomic mass is 10.1. The van der Waals surface area contributed by atoms with E-state index in [-0.39, 0.29) is 30.8 Å². The molecule has 0 heterocycles. The molecule has 1 N–H and O–H groups in total. The van der Waals surface area contributed by atoms with E-state index in [0.29, 0.717) is 23.7 Å². The molecule has 2 aromatic carbocycles. The van der Waals surface area contributed by atoms with Crippen LogP contribution < -0.4 is 10.1 Å². The summed E-state index contributed by atoms with van der Waals surface area (Å²) in [6, 6.07) is 8.80. The average Bonchev–Trinajstić information content (AvgIpc) is 2.75. The van der Waals surface area contributed by atoms with Crippen LogP contribution in [-0.2, 0) is 16.1 Å². The van der Waals surface area contributed by atoms with E-state index in [9.17, 15) is 14.0 Å². The largest absolute Gasteiger partial charge is 0.484 e. The Labute approximate surface area is 188 Å². The first-order valence-corrected chi connectivity index (χ1v) is 10.9. The first-order valence-electron chi connectivity index (χ1n) is 10.5. The van der Waals surface area contributed by atoms with E-state index in [0.717, 1.165) is 23.1 Å². The summed E-state index contributed by atoms with van der Waals surface area (Å²) in [4.78, 5) is 27.3. The minimum absolute atomic E-state index is 0.180. The summed E-state index contributed by atoms with van der Waals surface area (Å²) >= 11 is 6.20. The number of benzene rings is 2. The molecule has 0 aliphatic heterocycles. The summed E-state index contributed by atoms with van der Waals surface area (Å²) in [6.07, 6.45) is 1.24. The van der Waals surface area contributed by atoms with Crippen molar-refractivity contribution in [2.45, 2.75) is 53.1 Å². The molecule has 0 saturated heterocycles. The van der Waals surface area contributed by atoms with Crippen LogP contribution in [0.5, 0.6) is 5.75 Å². The molecule has 5 nitrogen and oxygen atoms in total. The second kappa shape index (κ2) is 11.7. The molecule has 2 rings (SSSR count). The maximum atomic E-state index is 13.3. The SMILES string of the molecule is CCCNC(=O)C(CC)N(Cc1ccc(F)cc1)C(=O)COc1cc(C)c(Cl)c(C)c1. The second-order valence-corrected chi connectivity index (χ2v) is 7.90. The molecule has 1 unspecified atom stereocenters. The number of halogens is 2. The Bertz CT molecular complexity index is 879. The zero-order valence-electron chi connectivity index (χ0n) is 18.5. The van der Waals surface area contributed by atoms with Crippen LogP contribution >= 0.6 is 11.6 Å². The summed E-state index contributed by atoms with van der Waals surface area (Å²) in [5.74, 6) is -0.352. The third-order valence-electron chi connectivity index (χ3n) is 4.97. The van der Waals surface area contributed by atoms with E-state index in [1.165, 1.54) is 17.0 Å². The van der Waals surface area contributed by atoms with Crippen LogP contribution in [0.15, 0.2) is 36.4 Å². The Morgan fingerprint density at radius 1 is 1.13 bits per heavy atom. The molecule has 0 aromatic heterocycles. The summed E-state index contributed by atoms with van der Waals surface area (Å²) in [5, 5.41) is 3.52. The van der Waals surface area contributed by atoms with E-state index in [1.807, 2.05) is 27.7 Å². The summed E-state index contributed by atoms with van der Waals surface area (Å²) < 4.78 is 19.0. The number of carbonyl (C=O) groups excluding carboxylic acids is 2. The Kier molecular flexibility index (Phi) is 9.31. The van der Waals surface area contributed by atoms with E-state index in [2.05, 4.69) is 5.32 Å². The number of ether oxygens (including phenoxy) is 1. The fourth-order valence-electron chi connectivity index (χ4n) is 3.29. The molecule has 0 radical (unpaired) electrons. The van der Waals surface area contributed by atoms with Crippen LogP contribution in [0.1, 0.15) is 43.4 Å². The molecule has 0 aliphatic rings. The minimum Gasteiger partial charge on any atom is -0.484 e.